The first kappa shape index (κ1) is 14.8. The summed E-state index contributed by atoms with van der Waals surface area (Å²) in [5.41, 5.74) is 13.9. The van der Waals surface area contributed by atoms with Gasteiger partial charge in [0.2, 0.25) is 0 Å². The smallest absolute Gasteiger partial charge is 0.147 e. The van der Waals surface area contributed by atoms with E-state index in [1.165, 1.54) is 0 Å². The SMILES string of the molecule is CC(C)c1nc(N)c2c(C#N)cn(Cc3cccnc3N)c2n1. The molecule has 3 aromatic rings. The monoisotopic (exact) mass is 307 g/mol. The minimum absolute atomic E-state index is 0.138. The molecule has 0 amide bonds. The number of rotatable bonds is 3. The van der Waals surface area contributed by atoms with Gasteiger partial charge >= 0.3 is 0 Å². The normalized spacial score (nSPS) is 11.0. The van der Waals surface area contributed by atoms with Crippen molar-refractivity contribution in [3.05, 3.63) is 41.5 Å². The summed E-state index contributed by atoms with van der Waals surface area (Å²) in [5, 5.41) is 9.94. The Balaban J connectivity index is 2.21. The van der Waals surface area contributed by atoms with E-state index in [1.807, 2.05) is 30.5 Å². The first-order valence-electron chi connectivity index (χ1n) is 7.27. The van der Waals surface area contributed by atoms with Crippen molar-refractivity contribution in [1.82, 2.24) is 19.5 Å². The van der Waals surface area contributed by atoms with Gasteiger partial charge in [0.1, 0.15) is 29.2 Å². The first-order chi connectivity index (χ1) is 11.0. The van der Waals surface area contributed by atoms with Gasteiger partial charge in [0.05, 0.1) is 17.5 Å². The minimum atomic E-state index is 0.138. The van der Waals surface area contributed by atoms with E-state index in [9.17, 15) is 5.26 Å². The summed E-state index contributed by atoms with van der Waals surface area (Å²) in [6, 6.07) is 5.87. The predicted molar refractivity (Wildman–Crippen MR) is 88.5 cm³/mol. The van der Waals surface area contributed by atoms with Gasteiger partial charge in [-0.25, -0.2) is 15.0 Å². The maximum absolute atomic E-state index is 9.36. The van der Waals surface area contributed by atoms with Crippen LogP contribution in [0.15, 0.2) is 24.5 Å². The molecular formula is C16H17N7. The van der Waals surface area contributed by atoms with E-state index in [-0.39, 0.29) is 5.92 Å². The van der Waals surface area contributed by atoms with Crippen LogP contribution in [0.25, 0.3) is 11.0 Å². The zero-order valence-corrected chi connectivity index (χ0v) is 13.0. The second-order valence-corrected chi connectivity index (χ2v) is 5.65. The topological polar surface area (TPSA) is 119 Å². The third kappa shape index (κ3) is 2.55. The van der Waals surface area contributed by atoms with E-state index >= 15 is 0 Å². The molecule has 116 valence electrons. The molecule has 0 saturated heterocycles. The molecule has 0 atom stereocenters. The average molecular weight is 307 g/mol. The molecule has 7 nitrogen and oxygen atoms in total. The van der Waals surface area contributed by atoms with E-state index in [4.69, 9.17) is 11.5 Å². The summed E-state index contributed by atoms with van der Waals surface area (Å²) in [7, 11) is 0. The van der Waals surface area contributed by atoms with Gasteiger partial charge in [-0.3, -0.25) is 0 Å². The quantitative estimate of drug-likeness (QED) is 0.764. The van der Waals surface area contributed by atoms with Crippen molar-refractivity contribution >= 4 is 22.7 Å². The number of hydrogen-bond donors (Lipinski definition) is 2. The summed E-state index contributed by atoms with van der Waals surface area (Å²) >= 11 is 0. The highest BCUT2D eigenvalue weighted by molar-refractivity contribution is 5.92. The number of hydrogen-bond acceptors (Lipinski definition) is 6. The standard InChI is InChI=1S/C16H17N7/c1-9(2)15-21-14(19)12-11(6-17)8-23(16(12)22-15)7-10-4-3-5-20-13(10)18/h3-5,8-9H,7H2,1-2H3,(H2,18,20)(H2,19,21,22). The van der Waals surface area contributed by atoms with Crippen LogP contribution in [0.3, 0.4) is 0 Å². The van der Waals surface area contributed by atoms with Gasteiger partial charge in [-0.15, -0.1) is 0 Å². The van der Waals surface area contributed by atoms with Crippen molar-refractivity contribution < 1.29 is 0 Å². The Labute approximate surface area is 133 Å². The summed E-state index contributed by atoms with van der Waals surface area (Å²) in [5.74, 6) is 1.57. The first-order valence-corrected chi connectivity index (χ1v) is 7.27. The maximum atomic E-state index is 9.36. The zero-order chi connectivity index (χ0) is 16.6. The molecule has 3 rings (SSSR count). The molecular weight excluding hydrogens is 290 g/mol. The molecule has 7 heteroatoms. The lowest BCUT2D eigenvalue weighted by Crippen LogP contribution is -2.07. The lowest BCUT2D eigenvalue weighted by Gasteiger charge is -2.09. The van der Waals surface area contributed by atoms with E-state index in [1.54, 1.807) is 12.4 Å². The molecule has 0 bridgehead atoms. The van der Waals surface area contributed by atoms with Gasteiger partial charge in [0, 0.05) is 23.9 Å². The molecule has 0 fully saturated rings. The van der Waals surface area contributed by atoms with Crippen molar-refractivity contribution in [2.75, 3.05) is 11.5 Å². The van der Waals surface area contributed by atoms with E-state index in [0.29, 0.717) is 40.6 Å². The van der Waals surface area contributed by atoms with Crippen molar-refractivity contribution in [2.24, 2.45) is 0 Å². The number of nitrogen functional groups attached to an aromatic ring is 2. The molecule has 0 aliphatic heterocycles. The van der Waals surface area contributed by atoms with Crippen LogP contribution >= 0.6 is 0 Å². The Morgan fingerprint density at radius 2 is 2.04 bits per heavy atom. The van der Waals surface area contributed by atoms with Gasteiger partial charge in [0.25, 0.3) is 0 Å². The van der Waals surface area contributed by atoms with Gasteiger partial charge < -0.3 is 16.0 Å². The van der Waals surface area contributed by atoms with Gasteiger partial charge in [0.15, 0.2) is 0 Å². The van der Waals surface area contributed by atoms with Crippen LogP contribution in [-0.2, 0) is 6.54 Å². The number of aromatic nitrogens is 4. The number of nitrogens with zero attached hydrogens (tertiary/aromatic N) is 5. The molecule has 3 heterocycles. The fourth-order valence-electron chi connectivity index (χ4n) is 2.46. The third-order valence-corrected chi connectivity index (χ3v) is 3.67. The highest BCUT2D eigenvalue weighted by atomic mass is 15.1. The second-order valence-electron chi connectivity index (χ2n) is 5.65. The Bertz CT molecular complexity index is 918. The predicted octanol–water partition coefficient (Wildman–Crippen LogP) is 2.03. The van der Waals surface area contributed by atoms with Crippen LogP contribution in [0.4, 0.5) is 11.6 Å². The molecule has 0 radical (unpaired) electrons. The number of nitriles is 1. The Morgan fingerprint density at radius 3 is 2.70 bits per heavy atom. The van der Waals surface area contributed by atoms with E-state index in [2.05, 4.69) is 21.0 Å². The van der Waals surface area contributed by atoms with Gasteiger partial charge in [-0.05, 0) is 6.07 Å². The van der Waals surface area contributed by atoms with Crippen molar-refractivity contribution in [1.29, 1.82) is 5.26 Å². The fourth-order valence-corrected chi connectivity index (χ4v) is 2.46. The highest BCUT2D eigenvalue weighted by Crippen LogP contribution is 2.27. The molecule has 0 aromatic carbocycles. The summed E-state index contributed by atoms with van der Waals surface area (Å²) < 4.78 is 1.87. The van der Waals surface area contributed by atoms with Gasteiger partial charge in [-0.2, -0.15) is 5.26 Å². The molecule has 4 N–H and O–H groups in total. The van der Waals surface area contributed by atoms with Crippen LogP contribution in [0.2, 0.25) is 0 Å². The van der Waals surface area contributed by atoms with E-state index in [0.717, 1.165) is 5.56 Å². The Hall–Kier alpha value is -3.14. The van der Waals surface area contributed by atoms with Crippen molar-refractivity contribution in [2.45, 2.75) is 26.3 Å². The van der Waals surface area contributed by atoms with Gasteiger partial charge in [-0.1, -0.05) is 19.9 Å². The van der Waals surface area contributed by atoms with E-state index < -0.39 is 0 Å². The summed E-state index contributed by atoms with van der Waals surface area (Å²) in [6.45, 7) is 4.46. The molecule has 0 unspecified atom stereocenters. The van der Waals surface area contributed by atoms with Crippen LogP contribution in [-0.4, -0.2) is 19.5 Å². The lowest BCUT2D eigenvalue weighted by atomic mass is 10.2. The van der Waals surface area contributed by atoms with Crippen LogP contribution < -0.4 is 11.5 Å². The Morgan fingerprint density at radius 1 is 1.26 bits per heavy atom. The van der Waals surface area contributed by atoms with Crippen molar-refractivity contribution in [3.8, 4) is 6.07 Å². The molecule has 23 heavy (non-hydrogen) atoms. The maximum Gasteiger partial charge on any atom is 0.147 e. The molecule has 0 aliphatic rings. The fraction of sp³-hybridized carbons (Fsp3) is 0.250. The Kier molecular flexibility index (Phi) is 3.58. The molecule has 0 saturated carbocycles. The number of fused-ring (bicyclic) bond motifs is 1. The number of nitrogens with two attached hydrogens (primary N) is 2. The lowest BCUT2D eigenvalue weighted by molar-refractivity contribution is 0.765. The minimum Gasteiger partial charge on any atom is -0.383 e. The third-order valence-electron chi connectivity index (χ3n) is 3.67. The van der Waals surface area contributed by atoms with Crippen LogP contribution in [0.5, 0.6) is 0 Å². The number of pyridine rings is 1. The zero-order valence-electron chi connectivity index (χ0n) is 13.0. The molecule has 3 aromatic heterocycles. The molecule has 0 aliphatic carbocycles. The van der Waals surface area contributed by atoms with Crippen molar-refractivity contribution in [3.63, 3.8) is 0 Å². The number of anilines is 2. The largest absolute Gasteiger partial charge is 0.383 e. The van der Waals surface area contributed by atoms with Crippen LogP contribution in [0.1, 0.15) is 36.7 Å². The average Bonchev–Trinajstić information content (AvgIpc) is 2.88. The summed E-state index contributed by atoms with van der Waals surface area (Å²) in [4.78, 5) is 13.0. The highest BCUT2D eigenvalue weighted by Gasteiger charge is 2.17. The second kappa shape index (κ2) is 5.57. The summed E-state index contributed by atoms with van der Waals surface area (Å²) in [6.07, 6.45) is 3.37. The van der Waals surface area contributed by atoms with Crippen LogP contribution in [0, 0.1) is 11.3 Å². The molecule has 0 spiro atoms.